The number of nitrogens with zero attached hydrogens (tertiary/aromatic N) is 4. The summed E-state index contributed by atoms with van der Waals surface area (Å²) in [7, 11) is 0. The third-order valence-electron chi connectivity index (χ3n) is 12.5. The molecular weight excluding hydrogens is 785 g/mol. The molecule has 0 aliphatic heterocycles. The Kier molecular flexibility index (Phi) is 9.82. The first kappa shape index (κ1) is 38.5. The lowest BCUT2D eigenvalue weighted by Gasteiger charge is -2.15. The van der Waals surface area contributed by atoms with E-state index in [1.54, 1.807) is 0 Å². The van der Waals surface area contributed by atoms with Crippen LogP contribution in [0.3, 0.4) is 0 Å². The summed E-state index contributed by atoms with van der Waals surface area (Å²) in [5.41, 5.74) is 10.2. The number of allylic oxidation sites excluding steroid dienone is 6. The minimum absolute atomic E-state index is 0.227. The van der Waals surface area contributed by atoms with Crippen LogP contribution in [-0.2, 0) is 6.42 Å². The molecule has 0 radical (unpaired) electrons. The van der Waals surface area contributed by atoms with E-state index in [0.717, 1.165) is 39.5 Å². The van der Waals surface area contributed by atoms with Gasteiger partial charge in [-0.3, -0.25) is 0 Å². The molecule has 2 aliphatic rings. The molecule has 11 rings (SSSR count). The predicted octanol–water partition coefficient (Wildman–Crippen LogP) is 11.4. The van der Waals surface area contributed by atoms with Gasteiger partial charge in [-0.2, -0.15) is 0 Å². The fourth-order valence-electron chi connectivity index (χ4n) is 9.45. The third-order valence-corrected chi connectivity index (χ3v) is 13.7. The molecule has 63 heavy (non-hydrogen) atoms. The average Bonchev–Trinajstić information content (AvgIpc) is 3.77. The number of rotatable bonds is 7. The fourth-order valence-corrected chi connectivity index (χ4v) is 10.6. The van der Waals surface area contributed by atoms with Crippen LogP contribution in [0.4, 0.5) is 0 Å². The molecule has 4 nitrogen and oxygen atoms in total. The smallest absolute Gasteiger partial charge is 0.164 e. The number of aromatic nitrogens is 4. The highest BCUT2D eigenvalue weighted by Crippen LogP contribution is 2.35. The van der Waals surface area contributed by atoms with Crippen molar-refractivity contribution in [3.8, 4) is 28.5 Å². The van der Waals surface area contributed by atoms with Gasteiger partial charge in [-0.05, 0) is 107 Å². The van der Waals surface area contributed by atoms with E-state index in [0.29, 0.717) is 23.9 Å². The second kappa shape index (κ2) is 16.1. The SMILES string of the molecule is C=c1c(C)c(/C=C\C)c2ccccc2/c1=C/C=C/C1C=Cc2sc3c(c2C1)=C(c1nc(-c2ccccc2)nc(-c2ccc4c5ccccc5n(-c5ccccc5)c4c2)n1)CC=CC=3. The Morgan fingerprint density at radius 1 is 0.730 bits per heavy atom. The molecule has 6 aromatic carbocycles. The molecule has 9 aromatic rings. The van der Waals surface area contributed by atoms with Crippen molar-refractivity contribution in [2.45, 2.75) is 26.7 Å². The van der Waals surface area contributed by atoms with Crippen molar-refractivity contribution in [3.63, 3.8) is 0 Å². The Labute approximate surface area is 370 Å². The topological polar surface area (TPSA) is 43.6 Å². The molecule has 1 atom stereocenters. The molecule has 1 unspecified atom stereocenters. The van der Waals surface area contributed by atoms with Crippen molar-refractivity contribution in [2.24, 2.45) is 5.92 Å². The van der Waals surface area contributed by atoms with Gasteiger partial charge in [-0.25, -0.2) is 15.0 Å². The molecule has 3 aromatic heterocycles. The van der Waals surface area contributed by atoms with Gasteiger partial charge in [0.2, 0.25) is 0 Å². The number of hydrogen-bond donors (Lipinski definition) is 0. The van der Waals surface area contributed by atoms with Gasteiger partial charge in [0.25, 0.3) is 0 Å². The summed E-state index contributed by atoms with van der Waals surface area (Å²) < 4.78 is 3.59. The van der Waals surface area contributed by atoms with E-state index >= 15 is 0 Å². The van der Waals surface area contributed by atoms with Crippen LogP contribution in [0.5, 0.6) is 0 Å². The van der Waals surface area contributed by atoms with Gasteiger partial charge in [-0.1, -0.05) is 158 Å². The van der Waals surface area contributed by atoms with Crippen LogP contribution in [0.1, 0.15) is 40.7 Å². The molecule has 0 spiro atoms. The first-order valence-electron chi connectivity index (χ1n) is 21.7. The number of para-hydroxylation sites is 2. The standard InChI is InChI=1S/C58H44N4S/c1-4-18-43-37(2)38(3)44(46-25-12-11-24-45(43)46)28-17-19-39-31-34-53-50(35-39)55-49(27-14-16-30-54(55)63-53)58-60-56(40-20-7-5-8-21-40)59-57(61-58)41-32-33-48-47-26-13-15-29-51(47)62(52(48)36-41)42-22-9-6-10-23-42/h4-26,28-34,36,39H,3,27,35H2,1-2H3/b18-4-,19-17+,44-28+. The van der Waals surface area contributed by atoms with Gasteiger partial charge in [0.1, 0.15) is 0 Å². The van der Waals surface area contributed by atoms with E-state index in [1.807, 2.05) is 29.5 Å². The summed E-state index contributed by atoms with van der Waals surface area (Å²) in [5.74, 6) is 2.26. The van der Waals surface area contributed by atoms with Crippen LogP contribution in [0.2, 0.25) is 0 Å². The maximum absolute atomic E-state index is 5.39. The molecule has 0 fully saturated rings. The van der Waals surface area contributed by atoms with E-state index in [4.69, 9.17) is 15.0 Å². The van der Waals surface area contributed by atoms with Crippen molar-refractivity contribution in [2.75, 3.05) is 0 Å². The van der Waals surface area contributed by atoms with Crippen LogP contribution in [0.15, 0.2) is 164 Å². The second-order valence-corrected chi connectivity index (χ2v) is 17.4. The van der Waals surface area contributed by atoms with Crippen molar-refractivity contribution in [1.29, 1.82) is 0 Å². The fraction of sp³-hybridized carbons (Fsp3) is 0.0862. The van der Waals surface area contributed by atoms with Crippen molar-refractivity contribution < 1.29 is 0 Å². The number of thiophene rings is 1. The Balaban J connectivity index is 1.04. The highest BCUT2D eigenvalue weighted by molar-refractivity contribution is 7.11. The average molecular weight is 829 g/mol. The van der Waals surface area contributed by atoms with Crippen LogP contribution >= 0.6 is 11.3 Å². The van der Waals surface area contributed by atoms with E-state index in [-0.39, 0.29) is 5.92 Å². The lowest BCUT2D eigenvalue weighted by molar-refractivity contribution is 0.795. The van der Waals surface area contributed by atoms with Crippen molar-refractivity contribution in [1.82, 2.24) is 19.5 Å². The highest BCUT2D eigenvalue weighted by atomic mass is 32.1. The Morgan fingerprint density at radius 3 is 2.24 bits per heavy atom. The van der Waals surface area contributed by atoms with Gasteiger partial charge >= 0.3 is 0 Å². The summed E-state index contributed by atoms with van der Waals surface area (Å²) in [5, 5.41) is 8.38. The van der Waals surface area contributed by atoms with Gasteiger partial charge in [0.05, 0.1) is 11.0 Å². The van der Waals surface area contributed by atoms with E-state index < -0.39 is 0 Å². The lowest BCUT2D eigenvalue weighted by Crippen LogP contribution is -2.28. The molecule has 0 amide bonds. The third kappa shape index (κ3) is 6.82. The molecule has 0 bridgehead atoms. The van der Waals surface area contributed by atoms with E-state index in [2.05, 4.69) is 195 Å². The van der Waals surface area contributed by atoms with Crippen LogP contribution in [0.25, 0.3) is 97.5 Å². The number of benzene rings is 6. The maximum atomic E-state index is 5.39. The first-order valence-corrected chi connectivity index (χ1v) is 22.5. The minimum atomic E-state index is 0.227. The molecule has 302 valence electrons. The van der Waals surface area contributed by atoms with Crippen molar-refractivity contribution in [3.05, 3.63) is 211 Å². The van der Waals surface area contributed by atoms with Crippen molar-refractivity contribution >= 4 is 80.4 Å². The molecule has 0 saturated heterocycles. The monoisotopic (exact) mass is 828 g/mol. The quantitative estimate of drug-likeness (QED) is 0.161. The Hall–Kier alpha value is -7.47. The normalized spacial score (nSPS) is 15.2. The zero-order chi connectivity index (χ0) is 42.4. The van der Waals surface area contributed by atoms with Gasteiger partial charge < -0.3 is 4.57 Å². The second-order valence-electron chi connectivity index (χ2n) is 16.3. The van der Waals surface area contributed by atoms with Gasteiger partial charge in [0, 0.05) is 47.8 Å². The molecule has 5 heteroatoms. The number of hydrogen-bond acceptors (Lipinski definition) is 4. The molecular formula is C58H44N4S. The summed E-state index contributed by atoms with van der Waals surface area (Å²) in [6, 6.07) is 44.8. The zero-order valence-electron chi connectivity index (χ0n) is 35.3. The first-order chi connectivity index (χ1) is 31.0. The van der Waals surface area contributed by atoms with Gasteiger partial charge in [0.15, 0.2) is 17.5 Å². The Morgan fingerprint density at radius 2 is 1.43 bits per heavy atom. The summed E-state index contributed by atoms with van der Waals surface area (Å²) in [6.07, 6.45) is 24.1. The predicted molar refractivity (Wildman–Crippen MR) is 267 cm³/mol. The molecule has 2 aliphatic carbocycles. The maximum Gasteiger partial charge on any atom is 0.164 e. The number of fused-ring (bicyclic) bond motifs is 7. The highest BCUT2D eigenvalue weighted by Gasteiger charge is 2.22. The minimum Gasteiger partial charge on any atom is -0.309 e. The summed E-state index contributed by atoms with van der Waals surface area (Å²) in [6.45, 7) is 8.80. The van der Waals surface area contributed by atoms with Crippen LogP contribution in [-0.4, -0.2) is 19.5 Å². The summed E-state index contributed by atoms with van der Waals surface area (Å²) >= 11 is 1.85. The van der Waals surface area contributed by atoms with Crippen LogP contribution in [0, 0.1) is 12.8 Å². The van der Waals surface area contributed by atoms with E-state index in [9.17, 15) is 0 Å². The van der Waals surface area contributed by atoms with E-state index in [1.165, 1.54) is 63.6 Å². The van der Waals surface area contributed by atoms with Gasteiger partial charge in [-0.15, -0.1) is 11.3 Å². The molecule has 3 heterocycles. The van der Waals surface area contributed by atoms with Crippen LogP contribution < -0.4 is 20.2 Å². The molecule has 0 N–H and O–H groups in total. The Bertz CT molecular complexity index is 3660. The lowest BCUT2D eigenvalue weighted by atomic mass is 9.91. The summed E-state index contributed by atoms with van der Waals surface area (Å²) in [4.78, 5) is 17.2. The largest absolute Gasteiger partial charge is 0.309 e. The zero-order valence-corrected chi connectivity index (χ0v) is 36.1. The molecule has 0 saturated carbocycles.